The third-order valence-corrected chi connectivity index (χ3v) is 2.56. The highest BCUT2D eigenvalue weighted by Crippen LogP contribution is 2.21. The van der Waals surface area contributed by atoms with Gasteiger partial charge in [-0.15, -0.1) is 0 Å². The van der Waals surface area contributed by atoms with E-state index in [1.807, 2.05) is 12.1 Å². The number of amides is 1. The van der Waals surface area contributed by atoms with Crippen LogP contribution in [0.15, 0.2) is 24.3 Å². The highest BCUT2D eigenvalue weighted by atomic mass is 16.1. The van der Waals surface area contributed by atoms with Gasteiger partial charge >= 0.3 is 0 Å². The van der Waals surface area contributed by atoms with Crippen molar-refractivity contribution in [3.8, 4) is 0 Å². The fourth-order valence-electron chi connectivity index (χ4n) is 1.81. The average molecular weight is 190 g/mol. The van der Waals surface area contributed by atoms with Gasteiger partial charge in [0.2, 0.25) is 6.41 Å². The summed E-state index contributed by atoms with van der Waals surface area (Å²) in [5, 5.41) is 2.63. The van der Waals surface area contributed by atoms with Gasteiger partial charge in [-0.2, -0.15) is 0 Å². The Morgan fingerprint density at radius 1 is 1.14 bits per heavy atom. The molecule has 0 aromatic heterocycles. The quantitative estimate of drug-likeness (QED) is 0.738. The molecule has 74 valence electrons. The van der Waals surface area contributed by atoms with Crippen molar-refractivity contribution in [3.63, 3.8) is 0 Å². The molecule has 1 aliphatic heterocycles. The lowest BCUT2D eigenvalue weighted by atomic mass is 10.2. The molecule has 1 amide bonds. The summed E-state index contributed by atoms with van der Waals surface area (Å²) >= 11 is 0. The lowest BCUT2D eigenvalue weighted by Crippen LogP contribution is -2.17. The first kappa shape index (κ1) is 9.06. The molecule has 0 bridgehead atoms. The molecular formula is C11H14N2O. The van der Waals surface area contributed by atoms with Crippen molar-refractivity contribution in [2.45, 2.75) is 12.8 Å². The van der Waals surface area contributed by atoms with Crippen LogP contribution >= 0.6 is 0 Å². The van der Waals surface area contributed by atoms with E-state index in [1.54, 1.807) is 0 Å². The molecule has 0 atom stereocenters. The van der Waals surface area contributed by atoms with Crippen molar-refractivity contribution < 1.29 is 4.79 Å². The first-order valence-corrected chi connectivity index (χ1v) is 4.95. The molecule has 1 aromatic rings. The summed E-state index contributed by atoms with van der Waals surface area (Å²) in [7, 11) is 0. The van der Waals surface area contributed by atoms with Gasteiger partial charge in [0.05, 0.1) is 0 Å². The predicted octanol–water partition coefficient (Wildman–Crippen LogP) is 1.86. The number of anilines is 2. The third-order valence-electron chi connectivity index (χ3n) is 2.56. The second-order valence-corrected chi connectivity index (χ2v) is 3.50. The van der Waals surface area contributed by atoms with Gasteiger partial charge in [0.15, 0.2) is 0 Å². The van der Waals surface area contributed by atoms with Crippen LogP contribution in [0.5, 0.6) is 0 Å². The molecule has 0 aliphatic carbocycles. The first-order chi connectivity index (χ1) is 6.90. The third kappa shape index (κ3) is 1.87. The molecule has 1 aromatic carbocycles. The molecule has 1 saturated heterocycles. The summed E-state index contributed by atoms with van der Waals surface area (Å²) in [4.78, 5) is 12.6. The highest BCUT2D eigenvalue weighted by molar-refractivity contribution is 5.72. The van der Waals surface area contributed by atoms with E-state index in [-0.39, 0.29) is 0 Å². The van der Waals surface area contributed by atoms with Gasteiger partial charge in [0, 0.05) is 24.5 Å². The van der Waals surface area contributed by atoms with Crippen LogP contribution in [0.1, 0.15) is 12.8 Å². The van der Waals surface area contributed by atoms with Gasteiger partial charge in [-0.05, 0) is 37.1 Å². The van der Waals surface area contributed by atoms with Crippen molar-refractivity contribution in [1.29, 1.82) is 0 Å². The first-order valence-electron chi connectivity index (χ1n) is 4.95. The van der Waals surface area contributed by atoms with Gasteiger partial charge in [-0.25, -0.2) is 0 Å². The maximum Gasteiger partial charge on any atom is 0.211 e. The minimum absolute atomic E-state index is 0.699. The van der Waals surface area contributed by atoms with Crippen LogP contribution in [0, 0.1) is 0 Å². The minimum atomic E-state index is 0.699. The minimum Gasteiger partial charge on any atom is -0.372 e. The number of hydrogen-bond donors (Lipinski definition) is 1. The zero-order chi connectivity index (χ0) is 9.80. The lowest BCUT2D eigenvalue weighted by Gasteiger charge is -2.17. The van der Waals surface area contributed by atoms with Crippen LogP contribution in [-0.4, -0.2) is 19.5 Å². The summed E-state index contributed by atoms with van der Waals surface area (Å²) in [5.74, 6) is 0. The Bertz CT molecular complexity index is 302. The van der Waals surface area contributed by atoms with Gasteiger partial charge in [-0.1, -0.05) is 0 Å². The van der Waals surface area contributed by atoms with E-state index in [0.717, 1.165) is 18.8 Å². The smallest absolute Gasteiger partial charge is 0.211 e. The van der Waals surface area contributed by atoms with Crippen LogP contribution < -0.4 is 10.2 Å². The van der Waals surface area contributed by atoms with E-state index < -0.39 is 0 Å². The van der Waals surface area contributed by atoms with Crippen LogP contribution in [0.2, 0.25) is 0 Å². The van der Waals surface area contributed by atoms with E-state index in [9.17, 15) is 4.79 Å². The fraction of sp³-hybridized carbons (Fsp3) is 0.364. The summed E-state index contributed by atoms with van der Waals surface area (Å²) in [6.07, 6.45) is 3.27. The molecular weight excluding hydrogens is 176 g/mol. The number of carbonyl (C=O) groups is 1. The van der Waals surface area contributed by atoms with Gasteiger partial charge in [0.1, 0.15) is 0 Å². The lowest BCUT2D eigenvalue weighted by molar-refractivity contribution is -0.105. The Kier molecular flexibility index (Phi) is 2.68. The molecule has 1 aliphatic rings. The molecule has 14 heavy (non-hydrogen) atoms. The monoisotopic (exact) mass is 190 g/mol. The Hall–Kier alpha value is -1.51. The number of carbonyl (C=O) groups excluding carboxylic acids is 1. The normalized spacial score (nSPS) is 15.6. The van der Waals surface area contributed by atoms with Crippen molar-refractivity contribution in [3.05, 3.63) is 24.3 Å². The highest BCUT2D eigenvalue weighted by Gasteiger charge is 2.11. The molecule has 0 radical (unpaired) electrons. The molecule has 1 N–H and O–H groups in total. The average Bonchev–Trinajstić information content (AvgIpc) is 2.72. The maximum atomic E-state index is 10.2. The molecule has 0 spiro atoms. The summed E-state index contributed by atoms with van der Waals surface area (Å²) < 4.78 is 0. The van der Waals surface area contributed by atoms with Crippen molar-refractivity contribution >= 4 is 17.8 Å². The number of rotatable bonds is 3. The number of hydrogen-bond acceptors (Lipinski definition) is 2. The van der Waals surface area contributed by atoms with E-state index >= 15 is 0 Å². The van der Waals surface area contributed by atoms with Gasteiger partial charge in [0.25, 0.3) is 0 Å². The van der Waals surface area contributed by atoms with Crippen molar-refractivity contribution in [2.75, 3.05) is 23.3 Å². The van der Waals surface area contributed by atoms with Crippen molar-refractivity contribution in [1.82, 2.24) is 0 Å². The van der Waals surface area contributed by atoms with Crippen molar-refractivity contribution in [2.24, 2.45) is 0 Å². The van der Waals surface area contributed by atoms with E-state index in [2.05, 4.69) is 22.3 Å². The summed E-state index contributed by atoms with van der Waals surface area (Å²) in [6, 6.07) is 7.97. The second kappa shape index (κ2) is 4.13. The molecule has 0 saturated carbocycles. The van der Waals surface area contributed by atoms with Crippen LogP contribution in [0.25, 0.3) is 0 Å². The number of nitrogens with zero attached hydrogens (tertiary/aromatic N) is 1. The SMILES string of the molecule is O=CNc1ccc(N2CCCC2)cc1. The summed E-state index contributed by atoms with van der Waals surface area (Å²) in [5.41, 5.74) is 2.10. The largest absolute Gasteiger partial charge is 0.372 e. The number of benzene rings is 1. The summed E-state index contributed by atoms with van der Waals surface area (Å²) in [6.45, 7) is 2.31. The zero-order valence-electron chi connectivity index (χ0n) is 8.07. The zero-order valence-corrected chi connectivity index (χ0v) is 8.07. The Morgan fingerprint density at radius 2 is 1.79 bits per heavy atom. The topological polar surface area (TPSA) is 32.3 Å². The Morgan fingerprint density at radius 3 is 2.36 bits per heavy atom. The Labute approximate surface area is 83.7 Å². The van der Waals surface area contributed by atoms with E-state index in [4.69, 9.17) is 0 Å². The molecule has 1 fully saturated rings. The second-order valence-electron chi connectivity index (χ2n) is 3.50. The molecule has 3 nitrogen and oxygen atoms in total. The van der Waals surface area contributed by atoms with E-state index in [0.29, 0.717) is 6.41 Å². The predicted molar refractivity (Wildman–Crippen MR) is 57.6 cm³/mol. The van der Waals surface area contributed by atoms with Crippen LogP contribution in [-0.2, 0) is 4.79 Å². The van der Waals surface area contributed by atoms with E-state index in [1.165, 1.54) is 18.5 Å². The van der Waals surface area contributed by atoms with Gasteiger partial charge < -0.3 is 10.2 Å². The Balaban J connectivity index is 2.08. The molecule has 0 unspecified atom stereocenters. The molecule has 3 heteroatoms. The molecule has 1 heterocycles. The standard InChI is InChI=1S/C11H14N2O/c14-9-12-10-3-5-11(6-4-10)13-7-1-2-8-13/h3-6,9H,1-2,7-8H2,(H,12,14). The fourth-order valence-corrected chi connectivity index (χ4v) is 1.81. The van der Waals surface area contributed by atoms with Crippen LogP contribution in [0.3, 0.4) is 0 Å². The number of nitrogens with one attached hydrogen (secondary N) is 1. The van der Waals surface area contributed by atoms with Crippen LogP contribution in [0.4, 0.5) is 11.4 Å². The molecule has 2 rings (SSSR count). The maximum absolute atomic E-state index is 10.2. The van der Waals surface area contributed by atoms with Gasteiger partial charge in [-0.3, -0.25) is 4.79 Å².